The van der Waals surface area contributed by atoms with Gasteiger partial charge in [0.25, 0.3) is 0 Å². The van der Waals surface area contributed by atoms with Crippen LogP contribution in [0.5, 0.6) is 0 Å². The molecular weight excluding hydrogens is 172 g/mol. The van der Waals surface area contributed by atoms with Crippen LogP contribution >= 0.6 is 0 Å². The van der Waals surface area contributed by atoms with Gasteiger partial charge in [0.2, 0.25) is 0 Å². The summed E-state index contributed by atoms with van der Waals surface area (Å²) in [6, 6.07) is 9.86. The van der Waals surface area contributed by atoms with Gasteiger partial charge in [-0.05, 0) is 29.7 Å². The van der Waals surface area contributed by atoms with Crippen LogP contribution in [-0.2, 0) is 0 Å². The molecule has 0 saturated heterocycles. The Labute approximate surface area is 83.9 Å². The van der Waals surface area contributed by atoms with Crippen molar-refractivity contribution in [1.29, 1.82) is 5.26 Å². The van der Waals surface area contributed by atoms with Crippen LogP contribution < -0.4 is 5.32 Å². The molecule has 1 aliphatic heterocycles. The lowest BCUT2D eigenvalue weighted by molar-refractivity contribution is 0.723. The van der Waals surface area contributed by atoms with Gasteiger partial charge in [0.1, 0.15) is 0 Å². The van der Waals surface area contributed by atoms with Gasteiger partial charge < -0.3 is 0 Å². The van der Waals surface area contributed by atoms with E-state index in [0.717, 1.165) is 25.1 Å². The van der Waals surface area contributed by atoms with E-state index < -0.39 is 0 Å². The molecule has 1 aromatic carbocycles. The van der Waals surface area contributed by atoms with E-state index in [1.807, 2.05) is 24.3 Å². The number of rotatable bonds is 1. The third kappa shape index (κ3) is 1.84. The van der Waals surface area contributed by atoms with Gasteiger partial charge in [0.05, 0.1) is 11.6 Å². The average Bonchev–Trinajstić information content (AvgIpc) is 2.30. The van der Waals surface area contributed by atoms with E-state index in [9.17, 15) is 0 Å². The minimum Gasteiger partial charge on any atom is -0.237 e. The molecule has 0 saturated carbocycles. The minimum absolute atomic E-state index is 0.717. The van der Waals surface area contributed by atoms with E-state index in [4.69, 9.17) is 5.26 Å². The summed E-state index contributed by atoms with van der Waals surface area (Å²) in [6.07, 6.45) is 3.18. The van der Waals surface area contributed by atoms with Gasteiger partial charge in [-0.25, -0.2) is 5.32 Å². The van der Waals surface area contributed by atoms with Crippen LogP contribution in [0.25, 0.3) is 5.57 Å². The van der Waals surface area contributed by atoms with Crippen LogP contribution in [0, 0.1) is 11.3 Å². The summed E-state index contributed by atoms with van der Waals surface area (Å²) in [4.78, 5) is 0. The van der Waals surface area contributed by atoms with Gasteiger partial charge in [-0.1, -0.05) is 18.2 Å². The number of hydrogen-bond acceptors (Lipinski definition) is 1. The van der Waals surface area contributed by atoms with E-state index in [0.29, 0.717) is 0 Å². The Kier molecular flexibility index (Phi) is 2.62. The summed E-state index contributed by atoms with van der Waals surface area (Å²) in [5.74, 6) is 0. The second kappa shape index (κ2) is 4.08. The standard InChI is InChI=1S/C12H11N2/c13-9-10-1-3-11(4-2-10)12-5-7-14-8-6-12/h1-5H,6-8H2. The quantitative estimate of drug-likeness (QED) is 0.655. The fraction of sp³-hybridized carbons (Fsp3) is 0.250. The highest BCUT2D eigenvalue weighted by Crippen LogP contribution is 2.19. The SMILES string of the molecule is N#Cc1ccc(C2=CC[N]CC2)cc1. The Hall–Kier alpha value is -1.59. The minimum atomic E-state index is 0.717. The summed E-state index contributed by atoms with van der Waals surface area (Å²) in [5.41, 5.74) is 3.29. The Morgan fingerprint density at radius 2 is 2.00 bits per heavy atom. The van der Waals surface area contributed by atoms with Crippen molar-refractivity contribution >= 4 is 5.57 Å². The fourth-order valence-electron chi connectivity index (χ4n) is 1.59. The lowest BCUT2D eigenvalue weighted by Crippen LogP contribution is -2.12. The monoisotopic (exact) mass is 183 g/mol. The van der Waals surface area contributed by atoms with Crippen LogP contribution in [0.15, 0.2) is 30.3 Å². The van der Waals surface area contributed by atoms with Crippen LogP contribution in [0.2, 0.25) is 0 Å². The maximum absolute atomic E-state index is 8.66. The topological polar surface area (TPSA) is 37.9 Å². The summed E-state index contributed by atoms with van der Waals surface area (Å²) in [7, 11) is 0. The molecule has 14 heavy (non-hydrogen) atoms. The molecule has 0 aliphatic carbocycles. The third-order valence-electron chi connectivity index (χ3n) is 2.39. The number of nitriles is 1. The molecule has 0 amide bonds. The molecule has 1 aliphatic rings. The van der Waals surface area contributed by atoms with Crippen LogP contribution in [0.4, 0.5) is 0 Å². The second-order valence-corrected chi connectivity index (χ2v) is 3.30. The van der Waals surface area contributed by atoms with Crippen LogP contribution in [-0.4, -0.2) is 13.1 Å². The van der Waals surface area contributed by atoms with E-state index in [1.165, 1.54) is 11.1 Å². The first-order chi connectivity index (χ1) is 6.90. The first-order valence-electron chi connectivity index (χ1n) is 4.73. The molecule has 0 spiro atoms. The van der Waals surface area contributed by atoms with Crippen molar-refractivity contribution in [3.63, 3.8) is 0 Å². The highest BCUT2D eigenvalue weighted by molar-refractivity contribution is 5.67. The van der Waals surface area contributed by atoms with Crippen molar-refractivity contribution in [2.75, 3.05) is 13.1 Å². The van der Waals surface area contributed by atoms with E-state index in [1.54, 1.807) is 0 Å². The van der Waals surface area contributed by atoms with Gasteiger partial charge in [0, 0.05) is 13.1 Å². The Morgan fingerprint density at radius 1 is 1.21 bits per heavy atom. The molecule has 2 heteroatoms. The summed E-state index contributed by atoms with van der Waals surface area (Å²) >= 11 is 0. The molecule has 69 valence electrons. The zero-order valence-electron chi connectivity index (χ0n) is 7.90. The largest absolute Gasteiger partial charge is 0.237 e. The predicted octanol–water partition coefficient (Wildman–Crippen LogP) is 1.95. The van der Waals surface area contributed by atoms with E-state index >= 15 is 0 Å². The zero-order valence-corrected chi connectivity index (χ0v) is 7.90. The maximum atomic E-state index is 8.66. The molecule has 1 aromatic rings. The van der Waals surface area contributed by atoms with Gasteiger partial charge in [0.15, 0.2) is 0 Å². The van der Waals surface area contributed by atoms with Gasteiger partial charge in [-0.3, -0.25) is 0 Å². The molecule has 0 N–H and O–H groups in total. The fourth-order valence-corrected chi connectivity index (χ4v) is 1.59. The molecule has 0 aromatic heterocycles. The molecule has 2 nitrogen and oxygen atoms in total. The highest BCUT2D eigenvalue weighted by atomic mass is 14.8. The van der Waals surface area contributed by atoms with Gasteiger partial charge in [-0.15, -0.1) is 0 Å². The molecule has 1 radical (unpaired) electrons. The molecule has 2 rings (SSSR count). The smallest absolute Gasteiger partial charge is 0.0991 e. The first-order valence-corrected chi connectivity index (χ1v) is 4.73. The molecule has 0 bridgehead atoms. The lowest BCUT2D eigenvalue weighted by Gasteiger charge is -2.12. The van der Waals surface area contributed by atoms with Crippen molar-refractivity contribution in [3.8, 4) is 6.07 Å². The zero-order chi connectivity index (χ0) is 9.80. The van der Waals surface area contributed by atoms with Gasteiger partial charge >= 0.3 is 0 Å². The van der Waals surface area contributed by atoms with Crippen molar-refractivity contribution in [1.82, 2.24) is 5.32 Å². The molecule has 0 atom stereocenters. The Morgan fingerprint density at radius 3 is 2.57 bits per heavy atom. The van der Waals surface area contributed by atoms with Crippen molar-refractivity contribution in [3.05, 3.63) is 41.5 Å². The second-order valence-electron chi connectivity index (χ2n) is 3.30. The Bertz CT molecular complexity index is 382. The number of nitrogens with zero attached hydrogens (tertiary/aromatic N) is 2. The van der Waals surface area contributed by atoms with Crippen LogP contribution in [0.3, 0.4) is 0 Å². The molecular formula is C12H11N2. The average molecular weight is 183 g/mol. The summed E-state index contributed by atoms with van der Waals surface area (Å²) in [6.45, 7) is 1.75. The summed E-state index contributed by atoms with van der Waals surface area (Å²) < 4.78 is 0. The van der Waals surface area contributed by atoms with E-state index in [2.05, 4.69) is 17.5 Å². The van der Waals surface area contributed by atoms with E-state index in [-0.39, 0.29) is 0 Å². The van der Waals surface area contributed by atoms with Crippen molar-refractivity contribution in [2.45, 2.75) is 6.42 Å². The normalized spacial score (nSPS) is 15.8. The summed E-state index contributed by atoms with van der Waals surface area (Å²) in [5, 5.41) is 12.9. The van der Waals surface area contributed by atoms with Gasteiger partial charge in [-0.2, -0.15) is 5.26 Å². The highest BCUT2D eigenvalue weighted by Gasteiger charge is 2.05. The molecule has 0 fully saturated rings. The predicted molar refractivity (Wildman–Crippen MR) is 55.6 cm³/mol. The molecule has 1 heterocycles. The number of benzene rings is 1. The lowest BCUT2D eigenvalue weighted by atomic mass is 9.99. The maximum Gasteiger partial charge on any atom is 0.0991 e. The van der Waals surface area contributed by atoms with Crippen LogP contribution in [0.1, 0.15) is 17.5 Å². The van der Waals surface area contributed by atoms with Crippen molar-refractivity contribution in [2.24, 2.45) is 0 Å². The third-order valence-corrected chi connectivity index (χ3v) is 2.39. The molecule has 0 unspecified atom stereocenters. The first kappa shape index (κ1) is 8.98. The number of hydrogen-bond donors (Lipinski definition) is 0. The van der Waals surface area contributed by atoms with Crippen molar-refractivity contribution < 1.29 is 0 Å². The Balaban J connectivity index is 2.25.